The van der Waals surface area contributed by atoms with Gasteiger partial charge in [-0.25, -0.2) is 13.6 Å². The van der Waals surface area contributed by atoms with Crippen molar-refractivity contribution in [3.05, 3.63) is 100.0 Å². The number of fused-ring (bicyclic) bond motifs is 1. The summed E-state index contributed by atoms with van der Waals surface area (Å²) in [7, 11) is 1.22. The molecule has 4 rings (SSSR count). The van der Waals surface area contributed by atoms with E-state index in [1.54, 1.807) is 12.3 Å². The van der Waals surface area contributed by atoms with E-state index >= 15 is 0 Å². The minimum Gasteiger partial charge on any atom is -0.465 e. The number of amides is 1. The number of aromatic amines is 1. The highest BCUT2D eigenvalue weighted by atomic mass is 35.5. The van der Waals surface area contributed by atoms with Gasteiger partial charge in [0.25, 0.3) is 5.91 Å². The molecule has 1 amide bonds. The molecule has 0 radical (unpaired) electrons. The maximum atomic E-state index is 13.9. The molecule has 0 aliphatic carbocycles. The van der Waals surface area contributed by atoms with Gasteiger partial charge in [-0.2, -0.15) is 0 Å². The first-order valence-electron chi connectivity index (χ1n) is 9.88. The van der Waals surface area contributed by atoms with Crippen molar-refractivity contribution < 1.29 is 23.1 Å². The number of aromatic nitrogens is 2. The van der Waals surface area contributed by atoms with Crippen LogP contribution in [0.5, 0.6) is 0 Å². The van der Waals surface area contributed by atoms with Crippen LogP contribution in [-0.2, 0) is 17.8 Å². The molecule has 6 nitrogen and oxygen atoms in total. The van der Waals surface area contributed by atoms with Crippen molar-refractivity contribution in [2.24, 2.45) is 0 Å². The molecule has 0 fully saturated rings. The quantitative estimate of drug-likeness (QED) is 0.397. The number of nitrogens with one attached hydrogen (secondary N) is 1. The zero-order chi connectivity index (χ0) is 23.5. The molecule has 0 aliphatic heterocycles. The summed E-state index contributed by atoms with van der Waals surface area (Å²) in [5.74, 6) is -2.12. The van der Waals surface area contributed by atoms with Crippen molar-refractivity contribution in [2.75, 3.05) is 7.11 Å². The summed E-state index contributed by atoms with van der Waals surface area (Å²) in [5, 5.41) is 0.759. The largest absolute Gasteiger partial charge is 0.465 e. The van der Waals surface area contributed by atoms with E-state index in [-0.39, 0.29) is 29.2 Å². The maximum absolute atomic E-state index is 13.9. The van der Waals surface area contributed by atoms with Gasteiger partial charge in [0.05, 0.1) is 18.2 Å². The van der Waals surface area contributed by atoms with Gasteiger partial charge >= 0.3 is 5.97 Å². The van der Waals surface area contributed by atoms with Gasteiger partial charge in [-0.15, -0.1) is 0 Å². The van der Waals surface area contributed by atoms with Crippen molar-refractivity contribution in [1.82, 2.24) is 14.9 Å². The molecule has 2 aromatic carbocycles. The number of hydrogen-bond donors (Lipinski definition) is 1. The predicted octanol–water partition coefficient (Wildman–Crippen LogP) is 5.12. The van der Waals surface area contributed by atoms with Crippen LogP contribution >= 0.6 is 11.6 Å². The van der Waals surface area contributed by atoms with Crippen molar-refractivity contribution in [3.63, 3.8) is 0 Å². The molecule has 0 saturated carbocycles. The van der Waals surface area contributed by atoms with Crippen molar-refractivity contribution in [2.45, 2.75) is 13.1 Å². The van der Waals surface area contributed by atoms with Crippen molar-refractivity contribution >= 4 is 34.4 Å². The Labute approximate surface area is 192 Å². The molecule has 0 atom stereocenters. The van der Waals surface area contributed by atoms with Crippen LogP contribution in [0.15, 0.2) is 61.1 Å². The Hall–Kier alpha value is -3.78. The number of hydrogen-bond acceptors (Lipinski definition) is 4. The van der Waals surface area contributed by atoms with Gasteiger partial charge in [0.2, 0.25) is 0 Å². The fraction of sp³-hybridized carbons (Fsp3) is 0.125. The van der Waals surface area contributed by atoms with E-state index < -0.39 is 23.5 Å². The van der Waals surface area contributed by atoms with Crippen LogP contribution in [0.2, 0.25) is 5.02 Å². The van der Waals surface area contributed by atoms with Gasteiger partial charge in [0, 0.05) is 47.6 Å². The van der Waals surface area contributed by atoms with E-state index in [9.17, 15) is 18.4 Å². The van der Waals surface area contributed by atoms with E-state index in [1.165, 1.54) is 54.7 Å². The normalized spacial score (nSPS) is 10.9. The zero-order valence-corrected chi connectivity index (χ0v) is 18.2. The van der Waals surface area contributed by atoms with E-state index in [2.05, 4.69) is 9.97 Å². The van der Waals surface area contributed by atoms with Crippen LogP contribution in [0.25, 0.3) is 10.9 Å². The van der Waals surface area contributed by atoms with Crippen LogP contribution in [-0.4, -0.2) is 33.9 Å². The van der Waals surface area contributed by atoms with Crippen LogP contribution in [0, 0.1) is 11.6 Å². The molecular weight excluding hydrogens is 452 g/mol. The highest BCUT2D eigenvalue weighted by Crippen LogP contribution is 2.25. The SMILES string of the molecule is COC(=O)c1ccncc1C(=O)N(Cc1ccc(F)cc1Cl)Cc1c[nH]c2ccc(F)cc12. The first-order valence-corrected chi connectivity index (χ1v) is 10.3. The molecule has 2 heterocycles. The van der Waals surface area contributed by atoms with E-state index in [4.69, 9.17) is 16.3 Å². The Kier molecular flexibility index (Phi) is 6.37. The van der Waals surface area contributed by atoms with Crippen molar-refractivity contribution in [1.29, 1.82) is 0 Å². The summed E-state index contributed by atoms with van der Waals surface area (Å²) in [4.78, 5) is 34.2. The number of carbonyl (C=O) groups excluding carboxylic acids is 2. The zero-order valence-electron chi connectivity index (χ0n) is 17.4. The Morgan fingerprint density at radius 3 is 2.52 bits per heavy atom. The minimum atomic E-state index is -0.685. The number of carbonyl (C=O) groups is 2. The third-order valence-electron chi connectivity index (χ3n) is 5.21. The average Bonchev–Trinajstić information content (AvgIpc) is 3.21. The number of ether oxygens (including phenoxy) is 1. The Morgan fingerprint density at radius 1 is 1.03 bits per heavy atom. The number of benzene rings is 2. The number of nitrogens with zero attached hydrogens (tertiary/aromatic N) is 2. The summed E-state index contributed by atoms with van der Waals surface area (Å²) >= 11 is 6.21. The third-order valence-corrected chi connectivity index (χ3v) is 5.56. The summed E-state index contributed by atoms with van der Waals surface area (Å²) < 4.78 is 32.2. The van der Waals surface area contributed by atoms with Gasteiger partial charge in [-0.05, 0) is 47.5 Å². The van der Waals surface area contributed by atoms with Gasteiger partial charge < -0.3 is 14.6 Å². The lowest BCUT2D eigenvalue weighted by atomic mass is 10.1. The van der Waals surface area contributed by atoms with Crippen LogP contribution < -0.4 is 0 Å². The number of rotatable bonds is 6. The molecule has 0 aliphatic rings. The summed E-state index contributed by atoms with van der Waals surface area (Å²) in [6.45, 7) is 0.0704. The van der Waals surface area contributed by atoms with Crippen molar-refractivity contribution in [3.8, 4) is 0 Å². The molecule has 9 heteroatoms. The molecule has 0 bridgehead atoms. The predicted molar refractivity (Wildman–Crippen MR) is 119 cm³/mol. The first kappa shape index (κ1) is 22.4. The van der Waals surface area contributed by atoms with Crippen LogP contribution in [0.3, 0.4) is 0 Å². The molecule has 4 aromatic rings. The fourth-order valence-corrected chi connectivity index (χ4v) is 3.79. The second-order valence-electron chi connectivity index (χ2n) is 7.31. The lowest BCUT2D eigenvalue weighted by molar-refractivity contribution is 0.0588. The van der Waals surface area contributed by atoms with E-state index in [1.807, 2.05) is 0 Å². The number of methoxy groups -OCH3 is 1. The number of pyridine rings is 1. The fourth-order valence-electron chi connectivity index (χ4n) is 3.57. The number of H-pyrrole nitrogens is 1. The third kappa shape index (κ3) is 4.70. The standard InChI is InChI=1S/C24H18ClF2N3O3/c1-33-24(32)18-6-7-28-11-20(18)23(31)30(12-14-2-3-17(27)9-21(14)25)13-15-10-29-22-5-4-16(26)8-19(15)22/h2-11,29H,12-13H2,1H3. The van der Waals surface area contributed by atoms with Crippen LogP contribution in [0.1, 0.15) is 31.8 Å². The minimum absolute atomic E-state index is 0.00937. The second kappa shape index (κ2) is 9.38. The lowest BCUT2D eigenvalue weighted by Gasteiger charge is -2.24. The summed E-state index contributed by atoms with van der Waals surface area (Å²) in [6.07, 6.45) is 4.34. The van der Waals surface area contributed by atoms with Gasteiger partial charge in [0.1, 0.15) is 11.6 Å². The second-order valence-corrected chi connectivity index (χ2v) is 7.72. The van der Waals surface area contributed by atoms with Gasteiger partial charge in [-0.3, -0.25) is 9.78 Å². The van der Waals surface area contributed by atoms with Gasteiger partial charge in [-0.1, -0.05) is 17.7 Å². The monoisotopic (exact) mass is 469 g/mol. The highest BCUT2D eigenvalue weighted by Gasteiger charge is 2.25. The molecule has 0 saturated heterocycles. The molecule has 0 spiro atoms. The number of halogens is 3. The average molecular weight is 470 g/mol. The Balaban J connectivity index is 1.76. The Bertz CT molecular complexity index is 1360. The molecular formula is C24H18ClF2N3O3. The molecule has 2 aromatic heterocycles. The molecule has 1 N–H and O–H groups in total. The van der Waals surface area contributed by atoms with E-state index in [0.29, 0.717) is 22.0 Å². The maximum Gasteiger partial charge on any atom is 0.338 e. The van der Waals surface area contributed by atoms with Crippen LogP contribution in [0.4, 0.5) is 8.78 Å². The molecule has 168 valence electrons. The summed E-state index contributed by atoms with van der Waals surface area (Å²) in [6, 6.07) is 9.59. The smallest absolute Gasteiger partial charge is 0.338 e. The topological polar surface area (TPSA) is 75.3 Å². The first-order chi connectivity index (χ1) is 15.9. The molecule has 33 heavy (non-hydrogen) atoms. The molecule has 0 unspecified atom stereocenters. The summed E-state index contributed by atoms with van der Waals surface area (Å²) in [5.41, 5.74) is 1.95. The van der Waals surface area contributed by atoms with Gasteiger partial charge in [0.15, 0.2) is 0 Å². The Morgan fingerprint density at radius 2 is 1.76 bits per heavy atom. The lowest BCUT2D eigenvalue weighted by Crippen LogP contribution is -2.31. The van der Waals surface area contributed by atoms with E-state index in [0.717, 1.165) is 6.07 Å². The number of esters is 1. The highest BCUT2D eigenvalue weighted by molar-refractivity contribution is 6.31.